The molecule has 1 unspecified atom stereocenters. The molecule has 19 heavy (non-hydrogen) atoms. The standard InChI is InChI=1S/C15H20BrNO2/c1-2-14(15(18)19)17-8-6-11(7-9-17)12-4-3-5-13(16)10-12/h3-5,10-11,14H,2,6-9H2,1H3,(H,18,19). The summed E-state index contributed by atoms with van der Waals surface area (Å²) in [5.41, 5.74) is 1.36. The largest absolute Gasteiger partial charge is 0.480 e. The zero-order chi connectivity index (χ0) is 13.8. The maximum atomic E-state index is 11.2. The summed E-state index contributed by atoms with van der Waals surface area (Å²) in [6.07, 6.45) is 2.76. The Morgan fingerprint density at radius 2 is 2.16 bits per heavy atom. The Balaban J connectivity index is 1.97. The maximum Gasteiger partial charge on any atom is 0.320 e. The van der Waals surface area contributed by atoms with Crippen LogP contribution in [0.15, 0.2) is 28.7 Å². The predicted octanol–water partition coefficient (Wildman–Crippen LogP) is 3.49. The number of carboxylic acid groups (broad SMARTS) is 1. The highest BCUT2D eigenvalue weighted by Gasteiger charge is 2.28. The summed E-state index contributed by atoms with van der Waals surface area (Å²) in [4.78, 5) is 13.3. The number of carbonyl (C=O) groups is 1. The quantitative estimate of drug-likeness (QED) is 0.921. The lowest BCUT2D eigenvalue weighted by molar-refractivity contribution is -0.143. The average molecular weight is 326 g/mol. The highest BCUT2D eigenvalue weighted by Crippen LogP contribution is 2.30. The van der Waals surface area contributed by atoms with Gasteiger partial charge >= 0.3 is 5.97 Å². The minimum absolute atomic E-state index is 0.316. The zero-order valence-corrected chi connectivity index (χ0v) is 12.8. The van der Waals surface area contributed by atoms with E-state index in [1.165, 1.54) is 5.56 Å². The van der Waals surface area contributed by atoms with Gasteiger partial charge in [-0.1, -0.05) is 35.0 Å². The summed E-state index contributed by atoms with van der Waals surface area (Å²) in [6, 6.07) is 8.13. The van der Waals surface area contributed by atoms with Crippen molar-refractivity contribution in [1.82, 2.24) is 4.90 Å². The maximum absolute atomic E-state index is 11.2. The zero-order valence-electron chi connectivity index (χ0n) is 11.2. The molecule has 1 aliphatic heterocycles. The van der Waals surface area contributed by atoms with E-state index >= 15 is 0 Å². The van der Waals surface area contributed by atoms with E-state index in [9.17, 15) is 9.90 Å². The first-order valence-corrected chi connectivity index (χ1v) is 7.63. The van der Waals surface area contributed by atoms with E-state index in [1.807, 2.05) is 13.0 Å². The molecule has 1 fully saturated rings. The minimum atomic E-state index is -0.691. The number of halogens is 1. The van der Waals surface area contributed by atoms with Gasteiger partial charge in [0.15, 0.2) is 0 Å². The van der Waals surface area contributed by atoms with Gasteiger partial charge in [-0.2, -0.15) is 0 Å². The fraction of sp³-hybridized carbons (Fsp3) is 0.533. The Morgan fingerprint density at radius 1 is 1.47 bits per heavy atom. The molecule has 1 atom stereocenters. The second kappa shape index (κ2) is 6.53. The van der Waals surface area contributed by atoms with Crippen molar-refractivity contribution >= 4 is 21.9 Å². The van der Waals surface area contributed by atoms with Crippen LogP contribution in [-0.4, -0.2) is 35.1 Å². The first-order chi connectivity index (χ1) is 9.11. The van der Waals surface area contributed by atoms with Crippen LogP contribution in [0.5, 0.6) is 0 Å². The molecule has 0 bridgehead atoms. The number of piperidine rings is 1. The number of likely N-dealkylation sites (tertiary alicyclic amines) is 1. The van der Waals surface area contributed by atoms with Crippen LogP contribution in [0.4, 0.5) is 0 Å². The molecule has 104 valence electrons. The molecular weight excluding hydrogens is 306 g/mol. The molecule has 1 aromatic rings. The van der Waals surface area contributed by atoms with Crippen LogP contribution in [0.25, 0.3) is 0 Å². The van der Waals surface area contributed by atoms with Crippen molar-refractivity contribution in [2.75, 3.05) is 13.1 Å². The van der Waals surface area contributed by atoms with Gasteiger partial charge in [0.25, 0.3) is 0 Å². The molecule has 1 aliphatic rings. The molecular formula is C15H20BrNO2. The molecule has 3 nitrogen and oxygen atoms in total. The second-order valence-corrected chi connectivity index (χ2v) is 6.04. The summed E-state index contributed by atoms with van der Waals surface area (Å²) in [5.74, 6) is -0.136. The van der Waals surface area contributed by atoms with Crippen molar-refractivity contribution in [3.8, 4) is 0 Å². The van der Waals surface area contributed by atoms with Crippen LogP contribution in [0.3, 0.4) is 0 Å². The van der Waals surface area contributed by atoms with Gasteiger partial charge in [-0.15, -0.1) is 0 Å². The lowest BCUT2D eigenvalue weighted by Gasteiger charge is -2.35. The summed E-state index contributed by atoms with van der Waals surface area (Å²) in [5, 5.41) is 9.20. The summed E-state index contributed by atoms with van der Waals surface area (Å²) in [6.45, 7) is 3.70. The first-order valence-electron chi connectivity index (χ1n) is 6.84. The second-order valence-electron chi connectivity index (χ2n) is 5.13. The predicted molar refractivity (Wildman–Crippen MR) is 79.4 cm³/mol. The lowest BCUT2D eigenvalue weighted by Crippen LogP contribution is -2.44. The van der Waals surface area contributed by atoms with E-state index in [-0.39, 0.29) is 6.04 Å². The van der Waals surface area contributed by atoms with Crippen LogP contribution in [-0.2, 0) is 4.79 Å². The fourth-order valence-corrected chi connectivity index (χ4v) is 3.31. The molecule has 1 saturated heterocycles. The highest BCUT2D eigenvalue weighted by atomic mass is 79.9. The molecule has 0 spiro atoms. The summed E-state index contributed by atoms with van der Waals surface area (Å²) in [7, 11) is 0. The number of rotatable bonds is 4. The van der Waals surface area contributed by atoms with Crippen molar-refractivity contribution < 1.29 is 9.90 Å². The van der Waals surface area contributed by atoms with Crippen LogP contribution in [0.2, 0.25) is 0 Å². The molecule has 1 aromatic carbocycles. The molecule has 0 aromatic heterocycles. The van der Waals surface area contributed by atoms with E-state index in [4.69, 9.17) is 0 Å². The SMILES string of the molecule is CCC(C(=O)O)N1CCC(c2cccc(Br)c2)CC1. The number of benzene rings is 1. The van der Waals surface area contributed by atoms with E-state index < -0.39 is 5.97 Å². The Labute approximate surface area is 122 Å². The molecule has 0 saturated carbocycles. The Morgan fingerprint density at radius 3 is 2.68 bits per heavy atom. The third-order valence-electron chi connectivity index (χ3n) is 3.96. The third-order valence-corrected chi connectivity index (χ3v) is 4.46. The van der Waals surface area contributed by atoms with Crippen molar-refractivity contribution in [2.45, 2.75) is 38.1 Å². The van der Waals surface area contributed by atoms with Crippen molar-refractivity contribution in [2.24, 2.45) is 0 Å². The van der Waals surface area contributed by atoms with Gasteiger partial charge in [-0.3, -0.25) is 9.69 Å². The van der Waals surface area contributed by atoms with E-state index in [2.05, 4.69) is 39.0 Å². The highest BCUT2D eigenvalue weighted by molar-refractivity contribution is 9.10. The van der Waals surface area contributed by atoms with Crippen LogP contribution in [0.1, 0.15) is 37.7 Å². The number of carboxylic acids is 1. The van der Waals surface area contributed by atoms with E-state index in [0.29, 0.717) is 12.3 Å². The lowest BCUT2D eigenvalue weighted by atomic mass is 9.89. The monoisotopic (exact) mass is 325 g/mol. The van der Waals surface area contributed by atoms with E-state index in [1.54, 1.807) is 0 Å². The van der Waals surface area contributed by atoms with Gasteiger partial charge in [-0.25, -0.2) is 0 Å². The average Bonchev–Trinajstić information content (AvgIpc) is 2.40. The Kier molecular flexibility index (Phi) is 4.99. The summed E-state index contributed by atoms with van der Waals surface area (Å²) >= 11 is 3.51. The molecule has 1 N–H and O–H groups in total. The van der Waals surface area contributed by atoms with Gasteiger partial charge in [0.2, 0.25) is 0 Å². The Hall–Kier alpha value is -0.870. The normalized spacial score (nSPS) is 19.3. The third kappa shape index (κ3) is 3.57. The molecule has 4 heteroatoms. The van der Waals surface area contributed by atoms with Crippen LogP contribution in [0, 0.1) is 0 Å². The topological polar surface area (TPSA) is 40.5 Å². The van der Waals surface area contributed by atoms with Crippen molar-refractivity contribution in [3.63, 3.8) is 0 Å². The number of hydrogen-bond acceptors (Lipinski definition) is 2. The number of aliphatic carboxylic acids is 1. The van der Waals surface area contributed by atoms with E-state index in [0.717, 1.165) is 30.4 Å². The first kappa shape index (κ1) is 14.5. The molecule has 2 rings (SSSR count). The van der Waals surface area contributed by atoms with Crippen molar-refractivity contribution in [1.29, 1.82) is 0 Å². The smallest absolute Gasteiger partial charge is 0.320 e. The molecule has 0 radical (unpaired) electrons. The molecule has 1 heterocycles. The van der Waals surface area contributed by atoms with Crippen LogP contribution < -0.4 is 0 Å². The van der Waals surface area contributed by atoms with Gasteiger partial charge in [0, 0.05) is 4.47 Å². The van der Waals surface area contributed by atoms with Crippen LogP contribution >= 0.6 is 15.9 Å². The fourth-order valence-electron chi connectivity index (χ4n) is 2.89. The van der Waals surface area contributed by atoms with Gasteiger partial charge in [-0.05, 0) is 56.0 Å². The van der Waals surface area contributed by atoms with Gasteiger partial charge < -0.3 is 5.11 Å². The Bertz CT molecular complexity index is 442. The molecule has 0 amide bonds. The number of hydrogen-bond donors (Lipinski definition) is 1. The summed E-state index contributed by atoms with van der Waals surface area (Å²) < 4.78 is 1.12. The van der Waals surface area contributed by atoms with Gasteiger partial charge in [0.05, 0.1) is 0 Å². The molecule has 0 aliphatic carbocycles. The van der Waals surface area contributed by atoms with Gasteiger partial charge in [0.1, 0.15) is 6.04 Å². The van der Waals surface area contributed by atoms with Crippen molar-refractivity contribution in [3.05, 3.63) is 34.3 Å². The number of nitrogens with zero attached hydrogens (tertiary/aromatic N) is 1. The minimum Gasteiger partial charge on any atom is -0.480 e.